The molecule has 0 aliphatic rings. The van der Waals surface area contributed by atoms with Crippen molar-refractivity contribution in [3.05, 3.63) is 40.1 Å². The van der Waals surface area contributed by atoms with E-state index in [2.05, 4.69) is 10.3 Å². The largest absolute Gasteiger partial charge is 0.466 e. The summed E-state index contributed by atoms with van der Waals surface area (Å²) in [5.74, 6) is -1.29. The normalized spacial score (nSPS) is 11.8. The van der Waals surface area contributed by atoms with E-state index in [0.717, 1.165) is 6.07 Å². The maximum Gasteiger partial charge on any atom is 0.311 e. The Balaban J connectivity index is 1.92. The summed E-state index contributed by atoms with van der Waals surface area (Å²) in [4.78, 5) is 27.9. The van der Waals surface area contributed by atoms with Crippen LogP contribution >= 0.6 is 34.7 Å². The Morgan fingerprint density at radius 1 is 1.48 bits per heavy atom. The first kappa shape index (κ1) is 19.7. The van der Waals surface area contributed by atoms with Crippen LogP contribution in [-0.4, -0.2) is 28.7 Å². The van der Waals surface area contributed by atoms with E-state index in [1.807, 2.05) is 0 Å². The van der Waals surface area contributed by atoms with Crippen LogP contribution in [0.2, 0.25) is 5.02 Å². The number of halogens is 2. The average molecular weight is 403 g/mol. The minimum Gasteiger partial charge on any atom is -0.466 e. The Bertz CT molecular complexity index is 770. The molecule has 0 fully saturated rings. The van der Waals surface area contributed by atoms with E-state index >= 15 is 0 Å². The lowest BCUT2D eigenvalue weighted by molar-refractivity contribution is -0.142. The minimum atomic E-state index is -0.593. The molecule has 1 N–H and O–H groups in total. The fraction of sp³-hybridized carbons (Fsp3) is 0.312. The standard InChI is InChI=1S/C16H16ClFN2O3S2/c1-3-23-14(21)7-11-8-24-16(19-11)25-9(2)15(22)20-13-5-4-10(17)6-12(13)18/h4-6,8-9H,3,7H2,1-2H3,(H,20,22)/t9-/m1/s1. The number of carbonyl (C=O) groups excluding carboxylic acids is 2. The predicted molar refractivity (Wildman–Crippen MR) is 97.8 cm³/mol. The molecule has 0 bridgehead atoms. The van der Waals surface area contributed by atoms with Crippen molar-refractivity contribution in [3.8, 4) is 0 Å². The second kappa shape index (κ2) is 9.17. The Morgan fingerprint density at radius 2 is 2.24 bits per heavy atom. The summed E-state index contributed by atoms with van der Waals surface area (Å²) in [6.07, 6.45) is 0.0987. The fourth-order valence-corrected chi connectivity index (χ4v) is 3.95. The van der Waals surface area contributed by atoms with Gasteiger partial charge in [0, 0.05) is 10.4 Å². The maximum atomic E-state index is 13.7. The number of amides is 1. The second-order valence-corrected chi connectivity index (χ2v) is 7.84. The molecular formula is C16H16ClFN2O3S2. The van der Waals surface area contributed by atoms with Crippen molar-refractivity contribution in [1.29, 1.82) is 0 Å². The van der Waals surface area contributed by atoms with Gasteiger partial charge in [0.15, 0.2) is 4.34 Å². The zero-order valence-corrected chi connectivity index (χ0v) is 15.9. The lowest BCUT2D eigenvalue weighted by Crippen LogP contribution is -2.22. The number of anilines is 1. The van der Waals surface area contributed by atoms with Gasteiger partial charge in [0.25, 0.3) is 0 Å². The van der Waals surface area contributed by atoms with Gasteiger partial charge in [-0.15, -0.1) is 11.3 Å². The lowest BCUT2D eigenvalue weighted by Gasteiger charge is -2.11. The monoisotopic (exact) mass is 402 g/mol. The van der Waals surface area contributed by atoms with Gasteiger partial charge in [-0.2, -0.15) is 0 Å². The first-order valence-electron chi connectivity index (χ1n) is 7.41. The van der Waals surface area contributed by atoms with Crippen LogP contribution in [0, 0.1) is 5.82 Å². The molecule has 0 saturated heterocycles. The Hall–Kier alpha value is -1.64. The summed E-state index contributed by atoms with van der Waals surface area (Å²) in [5.41, 5.74) is 0.672. The second-order valence-electron chi connectivity index (χ2n) is 4.96. The third-order valence-electron chi connectivity index (χ3n) is 3.00. The number of aromatic nitrogens is 1. The zero-order chi connectivity index (χ0) is 18.4. The highest BCUT2D eigenvalue weighted by Gasteiger charge is 2.18. The van der Waals surface area contributed by atoms with Crippen LogP contribution in [0.1, 0.15) is 19.5 Å². The van der Waals surface area contributed by atoms with Crippen molar-refractivity contribution in [2.45, 2.75) is 29.9 Å². The van der Waals surface area contributed by atoms with E-state index in [-0.39, 0.29) is 29.0 Å². The number of benzene rings is 1. The first-order chi connectivity index (χ1) is 11.9. The van der Waals surface area contributed by atoms with Crippen molar-refractivity contribution < 1.29 is 18.7 Å². The number of hydrogen-bond acceptors (Lipinski definition) is 6. The number of nitrogens with zero attached hydrogens (tertiary/aromatic N) is 1. The number of carbonyl (C=O) groups is 2. The van der Waals surface area contributed by atoms with E-state index in [4.69, 9.17) is 16.3 Å². The number of hydrogen-bond donors (Lipinski definition) is 1. The van der Waals surface area contributed by atoms with Crippen molar-refractivity contribution in [2.75, 3.05) is 11.9 Å². The molecular weight excluding hydrogens is 387 g/mol. The average Bonchev–Trinajstić information content (AvgIpc) is 2.97. The molecule has 0 saturated carbocycles. The minimum absolute atomic E-state index is 0.0731. The Morgan fingerprint density at radius 3 is 2.92 bits per heavy atom. The van der Waals surface area contributed by atoms with E-state index in [9.17, 15) is 14.0 Å². The number of rotatable bonds is 7. The van der Waals surface area contributed by atoms with Crippen LogP contribution in [0.3, 0.4) is 0 Å². The molecule has 1 aromatic heterocycles. The van der Waals surface area contributed by atoms with E-state index in [0.29, 0.717) is 16.6 Å². The topological polar surface area (TPSA) is 68.3 Å². The highest BCUT2D eigenvalue weighted by atomic mass is 35.5. The van der Waals surface area contributed by atoms with Gasteiger partial charge in [-0.25, -0.2) is 9.37 Å². The predicted octanol–water partition coefficient (Wildman–Crippen LogP) is 4.16. The highest BCUT2D eigenvalue weighted by molar-refractivity contribution is 8.02. The van der Waals surface area contributed by atoms with E-state index < -0.39 is 11.1 Å². The molecule has 0 spiro atoms. The smallest absolute Gasteiger partial charge is 0.311 e. The van der Waals surface area contributed by atoms with Crippen LogP contribution in [-0.2, 0) is 20.7 Å². The number of thioether (sulfide) groups is 1. The van der Waals surface area contributed by atoms with Gasteiger partial charge in [0.2, 0.25) is 5.91 Å². The molecule has 1 aromatic carbocycles. The molecule has 0 radical (unpaired) electrons. The fourth-order valence-electron chi connectivity index (χ4n) is 1.81. The molecule has 134 valence electrons. The molecule has 1 atom stereocenters. The van der Waals surface area contributed by atoms with Crippen LogP contribution in [0.5, 0.6) is 0 Å². The van der Waals surface area contributed by atoms with Crippen LogP contribution in [0.25, 0.3) is 0 Å². The summed E-state index contributed by atoms with van der Waals surface area (Å²) in [6.45, 7) is 3.76. The molecule has 0 aliphatic heterocycles. The maximum absolute atomic E-state index is 13.7. The first-order valence-corrected chi connectivity index (χ1v) is 9.55. The summed E-state index contributed by atoms with van der Waals surface area (Å²) < 4.78 is 19.3. The summed E-state index contributed by atoms with van der Waals surface area (Å²) >= 11 is 8.26. The van der Waals surface area contributed by atoms with Crippen molar-refractivity contribution in [3.63, 3.8) is 0 Å². The van der Waals surface area contributed by atoms with Crippen molar-refractivity contribution >= 4 is 52.3 Å². The van der Waals surface area contributed by atoms with Crippen molar-refractivity contribution in [2.24, 2.45) is 0 Å². The highest BCUT2D eigenvalue weighted by Crippen LogP contribution is 2.28. The summed E-state index contributed by atoms with van der Waals surface area (Å²) in [5, 5.41) is 4.05. The Kier molecular flexibility index (Phi) is 7.22. The van der Waals surface area contributed by atoms with Gasteiger partial charge in [0.05, 0.1) is 29.7 Å². The lowest BCUT2D eigenvalue weighted by atomic mass is 10.3. The van der Waals surface area contributed by atoms with Crippen LogP contribution in [0.15, 0.2) is 27.9 Å². The summed E-state index contributed by atoms with van der Waals surface area (Å²) in [7, 11) is 0. The zero-order valence-electron chi connectivity index (χ0n) is 13.5. The Labute approximate surface area is 157 Å². The number of thiazole rings is 1. The molecule has 9 heteroatoms. The molecule has 2 aromatic rings. The third kappa shape index (κ3) is 5.98. The molecule has 1 heterocycles. The number of nitrogens with one attached hydrogen (secondary N) is 1. The number of ether oxygens (including phenoxy) is 1. The molecule has 25 heavy (non-hydrogen) atoms. The van der Waals surface area contributed by atoms with E-state index in [1.54, 1.807) is 19.2 Å². The quantitative estimate of drug-likeness (QED) is 0.556. The van der Waals surface area contributed by atoms with Gasteiger partial charge in [-0.05, 0) is 32.0 Å². The third-order valence-corrected chi connectivity index (χ3v) is 5.35. The molecule has 1 amide bonds. The van der Waals surface area contributed by atoms with Crippen LogP contribution in [0.4, 0.5) is 10.1 Å². The van der Waals surface area contributed by atoms with Gasteiger partial charge in [-0.3, -0.25) is 9.59 Å². The molecule has 5 nitrogen and oxygen atoms in total. The van der Waals surface area contributed by atoms with Gasteiger partial charge in [0.1, 0.15) is 5.82 Å². The van der Waals surface area contributed by atoms with Crippen molar-refractivity contribution in [1.82, 2.24) is 4.98 Å². The van der Waals surface area contributed by atoms with Gasteiger partial charge in [-0.1, -0.05) is 23.4 Å². The van der Waals surface area contributed by atoms with Gasteiger partial charge < -0.3 is 10.1 Å². The SMILES string of the molecule is CCOC(=O)Cc1csc(S[C@H](C)C(=O)Nc2ccc(Cl)cc2F)n1. The molecule has 0 unspecified atom stereocenters. The van der Waals surface area contributed by atoms with Crippen LogP contribution < -0.4 is 5.32 Å². The molecule has 2 rings (SSSR count). The molecule has 0 aliphatic carbocycles. The van der Waals surface area contributed by atoms with Gasteiger partial charge >= 0.3 is 5.97 Å². The number of esters is 1. The summed E-state index contributed by atoms with van der Waals surface area (Å²) in [6, 6.07) is 4.05. The van der Waals surface area contributed by atoms with E-state index in [1.165, 1.54) is 35.2 Å².